The van der Waals surface area contributed by atoms with Crippen molar-refractivity contribution in [1.29, 1.82) is 0 Å². The molecule has 0 spiro atoms. The Morgan fingerprint density at radius 3 is 2.87 bits per heavy atom. The molecule has 122 valence electrons. The van der Waals surface area contributed by atoms with E-state index in [4.69, 9.17) is 4.42 Å². The van der Waals surface area contributed by atoms with Gasteiger partial charge in [0.15, 0.2) is 0 Å². The van der Waals surface area contributed by atoms with Crippen LogP contribution in [0.5, 0.6) is 0 Å². The molecule has 0 bridgehead atoms. The van der Waals surface area contributed by atoms with Gasteiger partial charge in [-0.2, -0.15) is 0 Å². The molecule has 2 N–H and O–H groups in total. The van der Waals surface area contributed by atoms with Gasteiger partial charge >= 0.3 is 0 Å². The van der Waals surface area contributed by atoms with Crippen molar-refractivity contribution in [1.82, 2.24) is 9.88 Å². The summed E-state index contributed by atoms with van der Waals surface area (Å²) in [6.07, 6.45) is 1.09. The molecule has 0 radical (unpaired) electrons. The number of aryl methyl sites for hydroxylation is 1. The van der Waals surface area contributed by atoms with E-state index in [2.05, 4.69) is 5.32 Å². The van der Waals surface area contributed by atoms with E-state index in [0.717, 1.165) is 27.9 Å². The van der Waals surface area contributed by atoms with E-state index in [0.29, 0.717) is 19.6 Å². The molecule has 1 unspecified atom stereocenters. The number of aromatic nitrogens is 1. The van der Waals surface area contributed by atoms with Gasteiger partial charge in [0.1, 0.15) is 11.6 Å². The van der Waals surface area contributed by atoms with Gasteiger partial charge in [-0.1, -0.05) is 0 Å². The maximum atomic E-state index is 13.4. The first-order chi connectivity index (χ1) is 11.1. The molecule has 0 amide bonds. The van der Waals surface area contributed by atoms with E-state index in [1.807, 2.05) is 30.5 Å². The van der Waals surface area contributed by atoms with Crippen LogP contribution in [0.15, 0.2) is 41.0 Å². The number of furan rings is 1. The van der Waals surface area contributed by atoms with Crippen LogP contribution in [-0.4, -0.2) is 22.3 Å². The number of nitrogens with one attached hydrogen (secondary N) is 1. The molecule has 2 heterocycles. The van der Waals surface area contributed by atoms with Crippen molar-refractivity contribution in [2.45, 2.75) is 33.0 Å². The number of nitrogens with zero attached hydrogens (tertiary/aromatic N) is 1. The zero-order chi connectivity index (χ0) is 16.4. The Morgan fingerprint density at radius 1 is 1.30 bits per heavy atom. The van der Waals surface area contributed by atoms with E-state index in [1.54, 1.807) is 18.4 Å². The minimum Gasteiger partial charge on any atom is -0.468 e. The van der Waals surface area contributed by atoms with Crippen molar-refractivity contribution in [3.63, 3.8) is 0 Å². The van der Waals surface area contributed by atoms with E-state index < -0.39 is 6.10 Å². The van der Waals surface area contributed by atoms with Crippen LogP contribution in [0.3, 0.4) is 0 Å². The first-order valence-corrected chi connectivity index (χ1v) is 7.72. The van der Waals surface area contributed by atoms with Gasteiger partial charge < -0.3 is 19.4 Å². The van der Waals surface area contributed by atoms with Crippen LogP contribution >= 0.6 is 0 Å². The summed E-state index contributed by atoms with van der Waals surface area (Å²) < 4.78 is 20.7. The first kappa shape index (κ1) is 15.8. The maximum absolute atomic E-state index is 13.4. The molecule has 1 aromatic carbocycles. The normalized spacial score (nSPS) is 12.9. The highest BCUT2D eigenvalue weighted by Crippen LogP contribution is 2.26. The molecule has 23 heavy (non-hydrogen) atoms. The lowest BCUT2D eigenvalue weighted by Crippen LogP contribution is -2.30. The number of fused-ring (bicyclic) bond motifs is 1. The van der Waals surface area contributed by atoms with Crippen molar-refractivity contribution in [2.75, 3.05) is 6.54 Å². The van der Waals surface area contributed by atoms with Crippen molar-refractivity contribution in [2.24, 2.45) is 0 Å². The Labute approximate surface area is 134 Å². The summed E-state index contributed by atoms with van der Waals surface area (Å²) in [4.78, 5) is 0. The van der Waals surface area contributed by atoms with Gasteiger partial charge in [-0.05, 0) is 49.7 Å². The van der Waals surface area contributed by atoms with E-state index >= 15 is 0 Å². The zero-order valence-corrected chi connectivity index (χ0v) is 13.3. The third-order valence-corrected chi connectivity index (χ3v) is 4.25. The molecule has 0 aliphatic rings. The van der Waals surface area contributed by atoms with Gasteiger partial charge in [-0.25, -0.2) is 4.39 Å². The van der Waals surface area contributed by atoms with E-state index in [-0.39, 0.29) is 5.82 Å². The van der Waals surface area contributed by atoms with Gasteiger partial charge in [-0.15, -0.1) is 0 Å². The Kier molecular flexibility index (Phi) is 4.50. The van der Waals surface area contributed by atoms with Gasteiger partial charge in [-0.3, -0.25) is 0 Å². The summed E-state index contributed by atoms with van der Waals surface area (Å²) in [7, 11) is 0. The number of hydrogen-bond acceptors (Lipinski definition) is 3. The lowest BCUT2D eigenvalue weighted by atomic mass is 10.1. The minimum atomic E-state index is -0.538. The van der Waals surface area contributed by atoms with Crippen molar-refractivity contribution in [3.8, 4) is 0 Å². The fourth-order valence-corrected chi connectivity index (χ4v) is 2.91. The van der Waals surface area contributed by atoms with E-state index in [1.165, 1.54) is 6.07 Å². The van der Waals surface area contributed by atoms with Gasteiger partial charge in [0.2, 0.25) is 0 Å². The van der Waals surface area contributed by atoms with Crippen LogP contribution in [0.2, 0.25) is 0 Å². The molecule has 0 saturated heterocycles. The van der Waals surface area contributed by atoms with Crippen molar-refractivity contribution >= 4 is 10.9 Å². The molecule has 4 nitrogen and oxygen atoms in total. The summed E-state index contributed by atoms with van der Waals surface area (Å²) in [5, 5.41) is 14.4. The van der Waals surface area contributed by atoms with Crippen LogP contribution in [0.25, 0.3) is 10.9 Å². The highest BCUT2D eigenvalue weighted by atomic mass is 19.1. The standard InChI is InChI=1S/C18H21FN2O2/c1-12-13(2)21(18-6-5-14(19)8-17(12)18)11-15(22)9-20-10-16-4-3-7-23-16/h3-8,15,20,22H,9-11H2,1-2H3. The SMILES string of the molecule is Cc1c(C)n(CC(O)CNCc2ccco2)c2ccc(F)cc12. The minimum absolute atomic E-state index is 0.238. The third-order valence-electron chi connectivity index (χ3n) is 4.25. The van der Waals surface area contributed by atoms with Crippen molar-refractivity contribution < 1.29 is 13.9 Å². The number of rotatable bonds is 6. The fraction of sp³-hybridized carbons (Fsp3) is 0.333. The van der Waals surface area contributed by atoms with Crippen LogP contribution in [0.4, 0.5) is 4.39 Å². The molecule has 0 saturated carbocycles. The Morgan fingerprint density at radius 2 is 2.13 bits per heavy atom. The topological polar surface area (TPSA) is 50.3 Å². The lowest BCUT2D eigenvalue weighted by Gasteiger charge is -2.15. The Hall–Kier alpha value is -2.11. The summed E-state index contributed by atoms with van der Waals surface area (Å²) in [6.45, 7) is 5.48. The van der Waals surface area contributed by atoms with Gasteiger partial charge in [0.25, 0.3) is 0 Å². The molecule has 5 heteroatoms. The average molecular weight is 316 g/mol. The molecule has 0 fully saturated rings. The lowest BCUT2D eigenvalue weighted by molar-refractivity contribution is 0.151. The number of benzene rings is 1. The summed E-state index contributed by atoms with van der Waals surface area (Å²) in [5.74, 6) is 0.601. The second kappa shape index (κ2) is 6.56. The summed E-state index contributed by atoms with van der Waals surface area (Å²) >= 11 is 0. The maximum Gasteiger partial charge on any atom is 0.123 e. The predicted molar refractivity (Wildman–Crippen MR) is 87.8 cm³/mol. The van der Waals surface area contributed by atoms with E-state index in [9.17, 15) is 9.50 Å². The van der Waals surface area contributed by atoms with Crippen LogP contribution in [-0.2, 0) is 13.1 Å². The second-order valence-electron chi connectivity index (χ2n) is 5.85. The molecular formula is C18H21FN2O2. The summed E-state index contributed by atoms with van der Waals surface area (Å²) in [6, 6.07) is 8.51. The monoisotopic (exact) mass is 316 g/mol. The number of hydrogen-bond donors (Lipinski definition) is 2. The molecule has 2 aromatic heterocycles. The average Bonchev–Trinajstić information content (AvgIpc) is 3.11. The number of halogens is 1. The molecule has 1 atom stereocenters. The second-order valence-corrected chi connectivity index (χ2v) is 5.85. The van der Waals surface area contributed by atoms with Crippen LogP contribution < -0.4 is 5.32 Å². The van der Waals surface area contributed by atoms with Crippen LogP contribution in [0.1, 0.15) is 17.0 Å². The smallest absolute Gasteiger partial charge is 0.123 e. The third kappa shape index (κ3) is 3.30. The fourth-order valence-electron chi connectivity index (χ4n) is 2.91. The predicted octanol–water partition coefficient (Wildman–Crippen LogP) is 3.14. The van der Waals surface area contributed by atoms with Gasteiger partial charge in [0, 0.05) is 23.1 Å². The Balaban J connectivity index is 1.69. The Bertz CT molecular complexity index is 793. The number of aliphatic hydroxyl groups is 1. The highest BCUT2D eigenvalue weighted by molar-refractivity contribution is 5.85. The van der Waals surface area contributed by atoms with Crippen molar-refractivity contribution in [3.05, 3.63) is 59.4 Å². The van der Waals surface area contributed by atoms with Gasteiger partial charge in [0.05, 0.1) is 25.5 Å². The van der Waals surface area contributed by atoms with Crippen LogP contribution in [0, 0.1) is 19.7 Å². The summed E-state index contributed by atoms with van der Waals surface area (Å²) in [5.41, 5.74) is 3.05. The first-order valence-electron chi connectivity index (χ1n) is 7.72. The number of aliphatic hydroxyl groups excluding tert-OH is 1. The zero-order valence-electron chi connectivity index (χ0n) is 13.3. The molecular weight excluding hydrogens is 295 g/mol. The highest BCUT2D eigenvalue weighted by Gasteiger charge is 2.14. The molecule has 0 aliphatic heterocycles. The molecule has 0 aliphatic carbocycles. The molecule has 3 aromatic rings. The largest absolute Gasteiger partial charge is 0.468 e. The quantitative estimate of drug-likeness (QED) is 0.734. The molecule has 3 rings (SSSR count).